The molecule has 25 heavy (non-hydrogen) atoms. The molecule has 0 saturated heterocycles. The van der Waals surface area contributed by atoms with Gasteiger partial charge in [-0.15, -0.1) is 35.3 Å². The first-order valence-electron chi connectivity index (χ1n) is 7.91. The number of rotatable bonds is 8. The molecule has 8 heteroatoms. The van der Waals surface area contributed by atoms with Gasteiger partial charge in [0.1, 0.15) is 18.1 Å². The Bertz CT molecular complexity index is 646. The van der Waals surface area contributed by atoms with E-state index in [1.165, 1.54) is 0 Å². The number of aliphatic imine (C=N–C) groups is 1. The number of ether oxygens (including phenoxy) is 2. The summed E-state index contributed by atoms with van der Waals surface area (Å²) in [7, 11) is 1.65. The van der Waals surface area contributed by atoms with E-state index in [9.17, 15) is 0 Å². The van der Waals surface area contributed by atoms with Crippen molar-refractivity contribution in [3.8, 4) is 11.5 Å². The van der Waals surface area contributed by atoms with Gasteiger partial charge in [-0.25, -0.2) is 9.98 Å². The number of guanidine groups is 1. The number of aryl methyl sites for hydroxylation is 1. The summed E-state index contributed by atoms with van der Waals surface area (Å²) in [6.45, 7) is 6.70. The van der Waals surface area contributed by atoms with Crippen molar-refractivity contribution in [2.24, 2.45) is 4.99 Å². The standard InChI is InChI=1S/C17H24N4O2S.HI/c1-4-18-17(21-12-16-11-20-13(2)24-16)19-9-10-23-15-7-5-14(22-3)6-8-15;/h5-8,11H,4,9-10,12H2,1-3H3,(H2,18,19,21);1H. The number of aromatic nitrogens is 1. The third-order valence-corrected chi connectivity index (χ3v) is 4.03. The highest BCUT2D eigenvalue weighted by atomic mass is 127. The SMILES string of the molecule is CCNC(=NCc1cnc(C)s1)NCCOc1ccc(OC)cc1.I. The third kappa shape index (κ3) is 7.91. The van der Waals surface area contributed by atoms with Crippen molar-refractivity contribution in [2.75, 3.05) is 26.8 Å². The van der Waals surface area contributed by atoms with Crippen LogP contribution in [0, 0.1) is 6.92 Å². The number of nitrogens with zero attached hydrogens (tertiary/aromatic N) is 2. The topological polar surface area (TPSA) is 67.8 Å². The summed E-state index contributed by atoms with van der Waals surface area (Å²) >= 11 is 1.67. The zero-order chi connectivity index (χ0) is 17.2. The van der Waals surface area contributed by atoms with E-state index in [4.69, 9.17) is 9.47 Å². The molecule has 1 aromatic heterocycles. The van der Waals surface area contributed by atoms with Crippen molar-refractivity contribution in [3.63, 3.8) is 0 Å². The highest BCUT2D eigenvalue weighted by molar-refractivity contribution is 14.0. The Morgan fingerprint density at radius 2 is 1.92 bits per heavy atom. The maximum absolute atomic E-state index is 5.69. The lowest BCUT2D eigenvalue weighted by Gasteiger charge is -2.12. The molecule has 2 N–H and O–H groups in total. The fourth-order valence-corrected chi connectivity index (χ4v) is 2.71. The molecular formula is C17H25IN4O2S. The minimum Gasteiger partial charge on any atom is -0.497 e. The Morgan fingerprint density at radius 1 is 1.20 bits per heavy atom. The molecule has 2 rings (SSSR count). The lowest BCUT2D eigenvalue weighted by Crippen LogP contribution is -2.39. The van der Waals surface area contributed by atoms with Gasteiger partial charge in [0.15, 0.2) is 5.96 Å². The predicted molar refractivity (Wildman–Crippen MR) is 114 cm³/mol. The van der Waals surface area contributed by atoms with Gasteiger partial charge in [0.2, 0.25) is 0 Å². The van der Waals surface area contributed by atoms with Gasteiger partial charge in [-0.3, -0.25) is 0 Å². The molecule has 0 spiro atoms. The molecule has 0 aliphatic heterocycles. The van der Waals surface area contributed by atoms with E-state index in [0.29, 0.717) is 19.7 Å². The van der Waals surface area contributed by atoms with E-state index in [-0.39, 0.29) is 24.0 Å². The number of methoxy groups -OCH3 is 1. The van der Waals surface area contributed by atoms with Crippen LogP contribution in [-0.4, -0.2) is 37.7 Å². The molecule has 1 heterocycles. The van der Waals surface area contributed by atoms with Gasteiger partial charge in [0.05, 0.1) is 25.2 Å². The first kappa shape index (κ1) is 21.5. The first-order valence-corrected chi connectivity index (χ1v) is 8.73. The number of hydrogen-bond donors (Lipinski definition) is 2. The fourth-order valence-electron chi connectivity index (χ4n) is 1.99. The summed E-state index contributed by atoms with van der Waals surface area (Å²) in [6, 6.07) is 7.55. The Kier molecular flexibility index (Phi) is 10.2. The summed E-state index contributed by atoms with van der Waals surface area (Å²) in [6.07, 6.45) is 1.87. The van der Waals surface area contributed by atoms with Gasteiger partial charge in [-0.2, -0.15) is 0 Å². The normalized spacial score (nSPS) is 10.8. The molecule has 0 amide bonds. The van der Waals surface area contributed by atoms with Gasteiger partial charge in [-0.05, 0) is 38.1 Å². The monoisotopic (exact) mass is 476 g/mol. The van der Waals surface area contributed by atoms with Gasteiger partial charge < -0.3 is 20.1 Å². The fraction of sp³-hybridized carbons (Fsp3) is 0.412. The highest BCUT2D eigenvalue weighted by Crippen LogP contribution is 2.16. The van der Waals surface area contributed by atoms with E-state index >= 15 is 0 Å². The maximum atomic E-state index is 5.69. The molecule has 0 fully saturated rings. The van der Waals surface area contributed by atoms with Crippen molar-refractivity contribution < 1.29 is 9.47 Å². The predicted octanol–water partition coefficient (Wildman–Crippen LogP) is 3.21. The molecule has 0 bridgehead atoms. The molecule has 0 aliphatic rings. The van der Waals surface area contributed by atoms with Crippen LogP contribution in [0.1, 0.15) is 16.8 Å². The Balaban J connectivity index is 0.00000312. The van der Waals surface area contributed by atoms with Gasteiger partial charge in [0.25, 0.3) is 0 Å². The zero-order valence-corrected chi connectivity index (χ0v) is 17.9. The number of halogens is 1. The van der Waals surface area contributed by atoms with Crippen molar-refractivity contribution in [2.45, 2.75) is 20.4 Å². The third-order valence-electron chi connectivity index (χ3n) is 3.13. The van der Waals surface area contributed by atoms with Gasteiger partial charge >= 0.3 is 0 Å². The Hall–Kier alpha value is -1.55. The molecule has 1 aromatic carbocycles. The van der Waals surface area contributed by atoms with E-state index in [1.807, 2.05) is 44.3 Å². The second kappa shape index (κ2) is 11.9. The number of benzene rings is 1. The van der Waals surface area contributed by atoms with Crippen molar-refractivity contribution in [3.05, 3.63) is 40.3 Å². The molecule has 6 nitrogen and oxygen atoms in total. The maximum Gasteiger partial charge on any atom is 0.191 e. The number of thiazole rings is 1. The van der Waals surface area contributed by atoms with Crippen LogP contribution >= 0.6 is 35.3 Å². The average molecular weight is 476 g/mol. The lowest BCUT2D eigenvalue weighted by molar-refractivity contribution is 0.321. The Labute approximate surface area is 170 Å². The largest absolute Gasteiger partial charge is 0.497 e. The highest BCUT2D eigenvalue weighted by Gasteiger charge is 2.00. The lowest BCUT2D eigenvalue weighted by atomic mass is 10.3. The minimum atomic E-state index is 0. The summed E-state index contributed by atoms with van der Waals surface area (Å²) < 4.78 is 10.8. The summed E-state index contributed by atoms with van der Waals surface area (Å²) in [5.41, 5.74) is 0. The van der Waals surface area contributed by atoms with E-state index in [0.717, 1.165) is 33.9 Å². The van der Waals surface area contributed by atoms with Crippen LogP contribution in [0.15, 0.2) is 35.5 Å². The molecule has 0 atom stereocenters. The molecule has 0 unspecified atom stereocenters. The van der Waals surface area contributed by atoms with Crippen molar-refractivity contribution in [1.29, 1.82) is 0 Å². The summed E-state index contributed by atoms with van der Waals surface area (Å²) in [5, 5.41) is 7.55. The van der Waals surface area contributed by atoms with Crippen LogP contribution in [0.5, 0.6) is 11.5 Å². The number of nitrogens with one attached hydrogen (secondary N) is 2. The van der Waals surface area contributed by atoms with Crippen LogP contribution in [0.3, 0.4) is 0 Å². The van der Waals surface area contributed by atoms with Gasteiger partial charge in [0, 0.05) is 17.6 Å². The average Bonchev–Trinajstić information content (AvgIpc) is 3.02. The molecule has 138 valence electrons. The van der Waals surface area contributed by atoms with E-state index < -0.39 is 0 Å². The van der Waals surface area contributed by atoms with Crippen LogP contribution in [0.2, 0.25) is 0 Å². The number of hydrogen-bond acceptors (Lipinski definition) is 5. The van der Waals surface area contributed by atoms with Crippen LogP contribution < -0.4 is 20.1 Å². The molecule has 0 aliphatic carbocycles. The minimum absolute atomic E-state index is 0. The molecule has 0 radical (unpaired) electrons. The van der Waals surface area contributed by atoms with Crippen LogP contribution in [0.4, 0.5) is 0 Å². The molecule has 2 aromatic rings. The quantitative estimate of drug-likeness (QED) is 0.265. The second-order valence-electron chi connectivity index (χ2n) is 4.99. The van der Waals surface area contributed by atoms with E-state index in [1.54, 1.807) is 18.4 Å². The summed E-state index contributed by atoms with van der Waals surface area (Å²) in [5.74, 6) is 2.42. The Morgan fingerprint density at radius 3 is 2.52 bits per heavy atom. The summed E-state index contributed by atoms with van der Waals surface area (Å²) in [4.78, 5) is 9.95. The molecule has 0 saturated carbocycles. The van der Waals surface area contributed by atoms with Gasteiger partial charge in [-0.1, -0.05) is 0 Å². The van der Waals surface area contributed by atoms with Crippen LogP contribution in [0.25, 0.3) is 0 Å². The molecular weight excluding hydrogens is 451 g/mol. The van der Waals surface area contributed by atoms with E-state index in [2.05, 4.69) is 20.6 Å². The smallest absolute Gasteiger partial charge is 0.191 e. The van der Waals surface area contributed by atoms with Crippen molar-refractivity contribution >= 4 is 41.3 Å². The first-order chi connectivity index (χ1) is 11.7. The zero-order valence-electron chi connectivity index (χ0n) is 14.7. The second-order valence-corrected chi connectivity index (χ2v) is 6.31. The van der Waals surface area contributed by atoms with Crippen LogP contribution in [-0.2, 0) is 6.54 Å². The van der Waals surface area contributed by atoms with Crippen molar-refractivity contribution in [1.82, 2.24) is 15.6 Å².